The lowest BCUT2D eigenvalue weighted by atomic mass is 9.98. The second-order valence-electron chi connectivity index (χ2n) is 8.14. The molecule has 2 bridgehead atoms. The molecule has 1 atom stereocenters. The van der Waals surface area contributed by atoms with Crippen LogP contribution in [0, 0.1) is 18.3 Å². The van der Waals surface area contributed by atoms with Crippen LogP contribution in [-0.2, 0) is 23.8 Å². The fourth-order valence-electron chi connectivity index (χ4n) is 3.97. The SMILES string of the molecule is Cc1ccc2c(c1)[C@@H](C)Oc1cc(cnc1NS(N)(=O)=O)-c1c(nn(C)c1C#N)CN(C)C2=O. The number of carbonyl (C=O) groups excluding carboxylic acids is 1. The molecule has 34 heavy (non-hydrogen) atoms. The van der Waals surface area contributed by atoms with Gasteiger partial charge in [-0.15, -0.1) is 0 Å². The Morgan fingerprint density at radius 2 is 2.03 bits per heavy atom. The quantitative estimate of drug-likeness (QED) is 0.567. The van der Waals surface area contributed by atoms with Gasteiger partial charge < -0.3 is 9.64 Å². The zero-order chi connectivity index (χ0) is 24.8. The van der Waals surface area contributed by atoms with E-state index in [1.165, 1.54) is 15.8 Å². The zero-order valence-electron chi connectivity index (χ0n) is 19.0. The van der Waals surface area contributed by atoms with Crippen molar-refractivity contribution in [3.05, 3.63) is 58.5 Å². The van der Waals surface area contributed by atoms with Crippen LogP contribution in [-0.4, -0.2) is 41.0 Å². The Balaban J connectivity index is 2.00. The maximum absolute atomic E-state index is 13.4. The summed E-state index contributed by atoms with van der Waals surface area (Å²) in [5.74, 6) is -0.269. The number of nitrogens with zero attached hydrogens (tertiary/aromatic N) is 5. The molecule has 11 nitrogen and oxygen atoms in total. The summed E-state index contributed by atoms with van der Waals surface area (Å²) in [4.78, 5) is 19.1. The van der Waals surface area contributed by atoms with Crippen LogP contribution in [0.25, 0.3) is 11.1 Å². The summed E-state index contributed by atoms with van der Waals surface area (Å²) in [6, 6.07) is 9.12. The Morgan fingerprint density at radius 3 is 2.71 bits per heavy atom. The summed E-state index contributed by atoms with van der Waals surface area (Å²) in [5.41, 5.74) is 3.69. The molecule has 3 heterocycles. The van der Waals surface area contributed by atoms with Crippen molar-refractivity contribution in [1.29, 1.82) is 5.26 Å². The molecular weight excluding hydrogens is 458 g/mol. The number of nitrogens with two attached hydrogens (primary N) is 1. The molecule has 0 unspecified atom stereocenters. The smallest absolute Gasteiger partial charge is 0.297 e. The Labute approximate surface area is 196 Å². The highest BCUT2D eigenvalue weighted by molar-refractivity contribution is 7.90. The number of hydrogen-bond acceptors (Lipinski definition) is 7. The van der Waals surface area contributed by atoms with Crippen LogP contribution in [0.2, 0.25) is 0 Å². The first-order valence-corrected chi connectivity index (χ1v) is 11.8. The molecule has 1 aromatic carbocycles. The molecule has 12 heteroatoms. The van der Waals surface area contributed by atoms with E-state index in [4.69, 9.17) is 9.88 Å². The van der Waals surface area contributed by atoms with Crippen molar-refractivity contribution < 1.29 is 17.9 Å². The minimum Gasteiger partial charge on any atom is -0.482 e. The second-order valence-corrected chi connectivity index (χ2v) is 9.43. The van der Waals surface area contributed by atoms with Gasteiger partial charge in [0.15, 0.2) is 11.6 Å². The predicted molar refractivity (Wildman–Crippen MR) is 124 cm³/mol. The number of aryl methyl sites for hydroxylation is 2. The summed E-state index contributed by atoms with van der Waals surface area (Å²) in [6.45, 7) is 3.79. The van der Waals surface area contributed by atoms with Crippen LogP contribution in [0.3, 0.4) is 0 Å². The van der Waals surface area contributed by atoms with Crippen LogP contribution in [0.1, 0.15) is 45.9 Å². The van der Waals surface area contributed by atoms with E-state index in [1.54, 1.807) is 33.2 Å². The van der Waals surface area contributed by atoms with Crippen molar-refractivity contribution in [3.63, 3.8) is 0 Å². The fraction of sp³-hybridized carbons (Fsp3) is 0.273. The summed E-state index contributed by atoms with van der Waals surface area (Å²) >= 11 is 0. The number of carbonyl (C=O) groups is 1. The Kier molecular flexibility index (Phi) is 5.76. The number of aromatic nitrogens is 3. The highest BCUT2D eigenvalue weighted by atomic mass is 32.2. The molecule has 0 aliphatic carbocycles. The van der Waals surface area contributed by atoms with Gasteiger partial charge in [-0.25, -0.2) is 10.1 Å². The Bertz CT molecular complexity index is 1460. The number of rotatable bonds is 2. The van der Waals surface area contributed by atoms with E-state index in [2.05, 4.69) is 20.9 Å². The third kappa shape index (κ3) is 4.30. The molecule has 3 aromatic rings. The van der Waals surface area contributed by atoms with Crippen molar-refractivity contribution in [2.24, 2.45) is 12.2 Å². The van der Waals surface area contributed by atoms with E-state index in [1.807, 2.05) is 19.1 Å². The summed E-state index contributed by atoms with van der Waals surface area (Å²) in [5, 5.41) is 19.4. The second kappa shape index (κ2) is 8.44. The van der Waals surface area contributed by atoms with Gasteiger partial charge >= 0.3 is 0 Å². The van der Waals surface area contributed by atoms with Crippen molar-refractivity contribution in [1.82, 2.24) is 19.7 Å². The van der Waals surface area contributed by atoms with Gasteiger partial charge in [0.05, 0.1) is 12.2 Å². The molecule has 1 amide bonds. The minimum atomic E-state index is -4.14. The lowest BCUT2D eigenvalue weighted by molar-refractivity contribution is 0.0778. The first-order chi connectivity index (χ1) is 16.0. The monoisotopic (exact) mass is 481 g/mol. The third-order valence-electron chi connectivity index (χ3n) is 5.52. The number of nitrogens with one attached hydrogen (secondary N) is 1. The van der Waals surface area contributed by atoms with Gasteiger partial charge in [-0.3, -0.25) is 14.2 Å². The fourth-order valence-corrected chi connectivity index (χ4v) is 4.40. The summed E-state index contributed by atoms with van der Waals surface area (Å²) in [6.07, 6.45) is 0.756. The highest BCUT2D eigenvalue weighted by Gasteiger charge is 2.27. The number of pyridine rings is 1. The standard InChI is InChI=1S/C22H23N7O4S/c1-12-5-6-15-16(7-12)13(2)33-19-8-14(10-25-21(19)27-34(24,31)32)20-17(11-28(3)22(15)30)26-29(4)18(20)9-23/h5-8,10,13H,11H2,1-4H3,(H,25,27)(H2,24,31,32)/t13-/m1/s1. The topological polar surface area (TPSA) is 156 Å². The molecule has 2 aromatic heterocycles. The lowest BCUT2D eigenvalue weighted by Crippen LogP contribution is -2.28. The number of anilines is 1. The van der Waals surface area contributed by atoms with Gasteiger partial charge in [0.2, 0.25) is 0 Å². The van der Waals surface area contributed by atoms with Crippen molar-refractivity contribution in [2.45, 2.75) is 26.5 Å². The van der Waals surface area contributed by atoms with E-state index in [0.717, 1.165) is 5.56 Å². The van der Waals surface area contributed by atoms with Gasteiger partial charge in [-0.2, -0.15) is 18.8 Å². The first kappa shape index (κ1) is 23.2. The number of amides is 1. The van der Waals surface area contributed by atoms with E-state index in [-0.39, 0.29) is 29.7 Å². The molecule has 176 valence electrons. The number of nitriles is 1. The molecule has 0 fully saturated rings. The van der Waals surface area contributed by atoms with Crippen LogP contribution in [0.4, 0.5) is 5.82 Å². The lowest BCUT2D eigenvalue weighted by Gasteiger charge is -2.24. The molecule has 1 aliphatic heterocycles. The van der Waals surface area contributed by atoms with Gasteiger partial charge in [-0.05, 0) is 26.0 Å². The molecule has 0 saturated heterocycles. The van der Waals surface area contributed by atoms with Crippen molar-refractivity contribution in [3.8, 4) is 22.9 Å². The van der Waals surface area contributed by atoms with E-state index in [0.29, 0.717) is 27.9 Å². The molecular formula is C22H23N7O4S. The first-order valence-electron chi connectivity index (χ1n) is 10.3. The summed E-state index contributed by atoms with van der Waals surface area (Å²) in [7, 11) is -0.845. The van der Waals surface area contributed by atoms with Gasteiger partial charge in [0.1, 0.15) is 17.9 Å². The zero-order valence-corrected chi connectivity index (χ0v) is 19.8. The number of benzene rings is 1. The maximum Gasteiger partial charge on any atom is 0.297 e. The predicted octanol–water partition coefficient (Wildman–Crippen LogP) is 2.00. The van der Waals surface area contributed by atoms with E-state index in [9.17, 15) is 18.5 Å². The van der Waals surface area contributed by atoms with Crippen LogP contribution in [0.15, 0.2) is 30.5 Å². The van der Waals surface area contributed by atoms with Crippen LogP contribution in [0.5, 0.6) is 5.75 Å². The van der Waals surface area contributed by atoms with E-state index < -0.39 is 16.3 Å². The summed E-state index contributed by atoms with van der Waals surface area (Å²) < 4.78 is 33.2. The van der Waals surface area contributed by atoms with Gasteiger partial charge in [-0.1, -0.05) is 17.7 Å². The Hall–Kier alpha value is -3.95. The van der Waals surface area contributed by atoms with Crippen LogP contribution >= 0.6 is 0 Å². The van der Waals surface area contributed by atoms with Crippen LogP contribution < -0.4 is 14.6 Å². The highest BCUT2D eigenvalue weighted by Crippen LogP contribution is 2.37. The maximum atomic E-state index is 13.4. The molecule has 0 radical (unpaired) electrons. The molecule has 1 aliphatic rings. The van der Waals surface area contributed by atoms with Gasteiger partial charge in [0, 0.05) is 42.5 Å². The molecule has 0 saturated carbocycles. The molecule has 0 spiro atoms. The Morgan fingerprint density at radius 1 is 1.29 bits per heavy atom. The minimum absolute atomic E-state index is 0.0894. The molecule has 4 rings (SSSR count). The molecule has 3 N–H and O–H groups in total. The average Bonchev–Trinajstić information content (AvgIpc) is 3.07. The van der Waals surface area contributed by atoms with Crippen molar-refractivity contribution >= 4 is 21.9 Å². The van der Waals surface area contributed by atoms with Gasteiger partial charge in [0.25, 0.3) is 16.1 Å². The number of hydrogen-bond donors (Lipinski definition) is 2. The van der Waals surface area contributed by atoms with Crippen molar-refractivity contribution in [2.75, 3.05) is 11.8 Å². The van der Waals surface area contributed by atoms with E-state index >= 15 is 0 Å². The average molecular weight is 482 g/mol. The third-order valence-corrected chi connectivity index (χ3v) is 6.00. The largest absolute Gasteiger partial charge is 0.482 e. The number of ether oxygens (including phenoxy) is 1. The number of fused-ring (bicyclic) bond motifs is 5. The normalized spacial score (nSPS) is 15.8.